The fraction of sp³-hybridized carbons (Fsp3) is 0.0566. The highest BCUT2D eigenvalue weighted by molar-refractivity contribution is 6.10. The van der Waals surface area contributed by atoms with Gasteiger partial charge in [-0.2, -0.15) is 0 Å². The number of benzene rings is 9. The van der Waals surface area contributed by atoms with Crippen LogP contribution < -0.4 is 4.90 Å². The highest BCUT2D eigenvalue weighted by Crippen LogP contribution is 2.54. The van der Waals surface area contributed by atoms with E-state index in [1.165, 1.54) is 77.2 Å². The minimum absolute atomic E-state index is 0.185. The summed E-state index contributed by atoms with van der Waals surface area (Å²) in [6, 6.07) is 73.2. The molecular formula is C53H39N. The third kappa shape index (κ3) is 5.24. The molecule has 1 aliphatic rings. The van der Waals surface area contributed by atoms with E-state index >= 15 is 0 Å². The lowest BCUT2D eigenvalue weighted by atomic mass is 9.65. The lowest BCUT2D eigenvalue weighted by Gasteiger charge is -2.38. The summed E-state index contributed by atoms with van der Waals surface area (Å²) in [5.41, 5.74) is 16.1. The lowest BCUT2D eigenvalue weighted by molar-refractivity contribution is 0.647. The largest absolute Gasteiger partial charge is 0.311 e. The van der Waals surface area contributed by atoms with Gasteiger partial charge in [-0.25, -0.2) is 0 Å². The summed E-state index contributed by atoms with van der Waals surface area (Å²) >= 11 is 0. The highest BCUT2D eigenvalue weighted by Gasteiger charge is 2.36. The van der Waals surface area contributed by atoms with Crippen molar-refractivity contribution in [3.05, 3.63) is 211 Å². The number of hydrogen-bond acceptors (Lipinski definition) is 1. The molecule has 9 aromatic carbocycles. The molecule has 0 heterocycles. The standard InChI is InChI=1S/C53H39N/c1-53(2)49-22-11-15-40-31-34-46(51(50(40)49)48-21-12-20-47(52(48)53)42-28-25-36-13-9-10-14-41(36)35-42)39-26-23-37(24-27-39)38-29-32-45(33-30-38)54(43-16-5-3-6-17-43)44-18-7-4-8-19-44/h3-35H,1-2H3. The Morgan fingerprint density at radius 3 is 1.57 bits per heavy atom. The van der Waals surface area contributed by atoms with Crippen LogP contribution in [-0.2, 0) is 5.41 Å². The molecule has 0 saturated heterocycles. The maximum absolute atomic E-state index is 2.40. The molecule has 256 valence electrons. The van der Waals surface area contributed by atoms with Gasteiger partial charge < -0.3 is 4.90 Å². The van der Waals surface area contributed by atoms with E-state index < -0.39 is 0 Å². The second kappa shape index (κ2) is 12.8. The van der Waals surface area contributed by atoms with Gasteiger partial charge in [0.15, 0.2) is 0 Å². The van der Waals surface area contributed by atoms with E-state index in [-0.39, 0.29) is 5.41 Å². The van der Waals surface area contributed by atoms with Crippen LogP contribution in [0.15, 0.2) is 200 Å². The normalized spacial score (nSPS) is 12.8. The maximum atomic E-state index is 2.40. The van der Waals surface area contributed by atoms with E-state index in [1.54, 1.807) is 0 Å². The van der Waals surface area contributed by atoms with E-state index in [1.807, 2.05) is 0 Å². The van der Waals surface area contributed by atoms with Crippen molar-refractivity contribution in [3.8, 4) is 44.5 Å². The zero-order valence-corrected chi connectivity index (χ0v) is 30.5. The third-order valence-corrected chi connectivity index (χ3v) is 11.4. The second-order valence-electron chi connectivity index (χ2n) is 14.9. The Balaban J connectivity index is 1.06. The quantitative estimate of drug-likeness (QED) is 0.168. The number of rotatable bonds is 6. The predicted molar refractivity (Wildman–Crippen MR) is 230 cm³/mol. The zero-order chi connectivity index (χ0) is 36.2. The summed E-state index contributed by atoms with van der Waals surface area (Å²) in [6.07, 6.45) is 0. The molecule has 0 unspecified atom stereocenters. The van der Waals surface area contributed by atoms with Gasteiger partial charge in [-0.1, -0.05) is 172 Å². The van der Waals surface area contributed by atoms with Crippen LogP contribution >= 0.6 is 0 Å². The average Bonchev–Trinajstić information content (AvgIpc) is 3.23. The van der Waals surface area contributed by atoms with Gasteiger partial charge in [0.2, 0.25) is 0 Å². The fourth-order valence-corrected chi connectivity index (χ4v) is 8.83. The van der Waals surface area contributed by atoms with E-state index in [2.05, 4.69) is 219 Å². The molecule has 1 aliphatic carbocycles. The van der Waals surface area contributed by atoms with Crippen molar-refractivity contribution >= 4 is 38.6 Å². The third-order valence-electron chi connectivity index (χ3n) is 11.4. The minimum atomic E-state index is -0.185. The topological polar surface area (TPSA) is 3.24 Å². The summed E-state index contributed by atoms with van der Waals surface area (Å²) in [7, 11) is 0. The van der Waals surface area contributed by atoms with Gasteiger partial charge in [0, 0.05) is 22.5 Å². The number of fused-ring (bicyclic) bond motifs is 3. The van der Waals surface area contributed by atoms with Crippen LogP contribution in [0.5, 0.6) is 0 Å². The lowest BCUT2D eigenvalue weighted by Crippen LogP contribution is -2.25. The Morgan fingerprint density at radius 1 is 0.352 bits per heavy atom. The van der Waals surface area contributed by atoms with Crippen molar-refractivity contribution in [1.82, 2.24) is 0 Å². The first-order valence-corrected chi connectivity index (χ1v) is 18.8. The predicted octanol–water partition coefficient (Wildman–Crippen LogP) is 14.8. The van der Waals surface area contributed by atoms with Gasteiger partial charge in [0.1, 0.15) is 0 Å². The molecule has 0 aromatic heterocycles. The summed E-state index contributed by atoms with van der Waals surface area (Å²) < 4.78 is 0. The molecule has 0 bridgehead atoms. The zero-order valence-electron chi connectivity index (χ0n) is 30.5. The first-order chi connectivity index (χ1) is 26.5. The first-order valence-electron chi connectivity index (χ1n) is 18.8. The van der Waals surface area contributed by atoms with Crippen molar-refractivity contribution < 1.29 is 0 Å². The smallest absolute Gasteiger partial charge is 0.0462 e. The summed E-state index contributed by atoms with van der Waals surface area (Å²) in [4.78, 5) is 2.30. The van der Waals surface area contributed by atoms with Crippen LogP contribution in [-0.4, -0.2) is 0 Å². The molecule has 0 aliphatic heterocycles. The highest BCUT2D eigenvalue weighted by atomic mass is 15.1. The van der Waals surface area contributed by atoms with Crippen LogP contribution in [0.1, 0.15) is 25.0 Å². The second-order valence-corrected chi connectivity index (χ2v) is 14.9. The molecule has 0 fully saturated rings. The molecule has 0 radical (unpaired) electrons. The average molecular weight is 690 g/mol. The molecule has 0 saturated carbocycles. The van der Waals surface area contributed by atoms with Gasteiger partial charge >= 0.3 is 0 Å². The van der Waals surface area contributed by atoms with Gasteiger partial charge in [-0.15, -0.1) is 0 Å². The summed E-state index contributed by atoms with van der Waals surface area (Å²) in [6.45, 7) is 4.81. The van der Waals surface area contributed by atoms with Gasteiger partial charge in [-0.3, -0.25) is 0 Å². The molecular weight excluding hydrogens is 651 g/mol. The number of hydrogen-bond donors (Lipinski definition) is 0. The molecule has 1 nitrogen and oxygen atoms in total. The Bertz CT molecular complexity index is 2770. The maximum Gasteiger partial charge on any atom is 0.0462 e. The van der Waals surface area contributed by atoms with Crippen LogP contribution in [0.3, 0.4) is 0 Å². The Morgan fingerprint density at radius 2 is 0.870 bits per heavy atom. The van der Waals surface area contributed by atoms with Crippen molar-refractivity contribution in [1.29, 1.82) is 0 Å². The van der Waals surface area contributed by atoms with Crippen molar-refractivity contribution in [3.63, 3.8) is 0 Å². The van der Waals surface area contributed by atoms with Crippen molar-refractivity contribution in [2.45, 2.75) is 19.3 Å². The molecule has 0 spiro atoms. The van der Waals surface area contributed by atoms with Crippen molar-refractivity contribution in [2.75, 3.05) is 4.90 Å². The van der Waals surface area contributed by atoms with E-state index in [0.717, 1.165) is 17.1 Å². The Labute approximate surface area is 317 Å². The minimum Gasteiger partial charge on any atom is -0.311 e. The monoisotopic (exact) mass is 689 g/mol. The molecule has 1 heteroatoms. The molecule has 0 amide bonds. The first kappa shape index (κ1) is 32.0. The van der Waals surface area contributed by atoms with Crippen LogP contribution in [0.2, 0.25) is 0 Å². The summed E-state index contributed by atoms with van der Waals surface area (Å²) in [5, 5.41) is 5.19. The number of anilines is 3. The Hall–Kier alpha value is -6.70. The molecule has 0 N–H and O–H groups in total. The van der Waals surface area contributed by atoms with Gasteiger partial charge in [0.05, 0.1) is 0 Å². The van der Waals surface area contributed by atoms with Gasteiger partial charge in [-0.05, 0) is 120 Å². The molecule has 10 rings (SSSR count). The van der Waals surface area contributed by atoms with Crippen LogP contribution in [0.25, 0.3) is 66.1 Å². The molecule has 9 aromatic rings. The number of para-hydroxylation sites is 2. The van der Waals surface area contributed by atoms with Crippen LogP contribution in [0.4, 0.5) is 17.1 Å². The SMILES string of the molecule is CC1(C)c2c(-c3ccc4ccccc4c3)cccc2-c2c(-c3ccc(-c4ccc(N(c5ccccc5)c5ccccc5)cc4)cc3)ccc3cccc1c23. The van der Waals surface area contributed by atoms with E-state index in [4.69, 9.17) is 0 Å². The molecule has 0 atom stereocenters. The fourth-order valence-electron chi connectivity index (χ4n) is 8.83. The van der Waals surface area contributed by atoms with Crippen LogP contribution in [0, 0.1) is 0 Å². The van der Waals surface area contributed by atoms with E-state index in [0.29, 0.717) is 0 Å². The Kier molecular flexibility index (Phi) is 7.56. The van der Waals surface area contributed by atoms with Gasteiger partial charge in [0.25, 0.3) is 0 Å². The summed E-state index contributed by atoms with van der Waals surface area (Å²) in [5.74, 6) is 0. The molecule has 54 heavy (non-hydrogen) atoms. The van der Waals surface area contributed by atoms with Crippen molar-refractivity contribution in [2.24, 2.45) is 0 Å². The number of nitrogens with zero attached hydrogens (tertiary/aromatic N) is 1. The van der Waals surface area contributed by atoms with E-state index in [9.17, 15) is 0 Å².